The van der Waals surface area contributed by atoms with Gasteiger partial charge in [-0.05, 0) is 29.3 Å². The molecule has 0 aromatic carbocycles. The molecule has 0 spiro atoms. The number of hydrogen-bond donors (Lipinski definition) is 0. The molecule has 0 aliphatic heterocycles. The zero-order valence-electron chi connectivity index (χ0n) is 7.69. The molecule has 0 bridgehead atoms. The highest BCUT2D eigenvalue weighted by Crippen LogP contribution is 2.27. The van der Waals surface area contributed by atoms with Gasteiger partial charge in [-0.15, -0.1) is 5.10 Å². The van der Waals surface area contributed by atoms with Crippen LogP contribution < -0.4 is 0 Å². The van der Waals surface area contributed by atoms with Gasteiger partial charge >= 0.3 is 0 Å². The molecule has 4 heteroatoms. The molecule has 4 nitrogen and oxygen atoms in total. The Morgan fingerprint density at radius 1 is 1.31 bits per heavy atom. The van der Waals surface area contributed by atoms with E-state index in [2.05, 4.69) is 22.1 Å². The zero-order valence-corrected chi connectivity index (χ0v) is 7.69. The normalized spacial score (nSPS) is 18.8. The quantitative estimate of drug-likeness (QED) is 0.693. The first-order chi connectivity index (χ1) is 6.42. The maximum Gasteiger partial charge on any atom is 0.174 e. The Kier molecular flexibility index (Phi) is 2.38. The van der Waals surface area contributed by atoms with Gasteiger partial charge in [0.15, 0.2) is 5.82 Å². The average molecular weight is 178 g/mol. The molecule has 1 aromatic rings. The van der Waals surface area contributed by atoms with Crippen molar-refractivity contribution in [2.24, 2.45) is 0 Å². The number of tetrazole rings is 1. The molecule has 13 heavy (non-hydrogen) atoms. The summed E-state index contributed by atoms with van der Waals surface area (Å²) in [6.45, 7) is 3.70. The second-order valence-electron chi connectivity index (χ2n) is 3.48. The van der Waals surface area contributed by atoms with E-state index < -0.39 is 0 Å². The third-order valence-electron chi connectivity index (χ3n) is 2.62. The first kappa shape index (κ1) is 8.41. The van der Waals surface area contributed by atoms with E-state index in [9.17, 15) is 0 Å². The summed E-state index contributed by atoms with van der Waals surface area (Å²) in [5.74, 6) is 0.798. The fraction of sp³-hybridized carbons (Fsp3) is 0.667. The van der Waals surface area contributed by atoms with E-state index in [1.165, 1.54) is 32.1 Å². The van der Waals surface area contributed by atoms with Gasteiger partial charge in [-0.1, -0.05) is 25.8 Å². The van der Waals surface area contributed by atoms with Crippen LogP contribution in [0.5, 0.6) is 0 Å². The van der Waals surface area contributed by atoms with Crippen molar-refractivity contribution in [1.82, 2.24) is 20.2 Å². The molecule has 0 amide bonds. The molecule has 1 aromatic heterocycles. The monoisotopic (exact) mass is 178 g/mol. The highest BCUT2D eigenvalue weighted by Gasteiger charge is 2.18. The van der Waals surface area contributed by atoms with Crippen molar-refractivity contribution >= 4 is 6.08 Å². The second kappa shape index (κ2) is 3.68. The van der Waals surface area contributed by atoms with E-state index in [4.69, 9.17) is 0 Å². The van der Waals surface area contributed by atoms with E-state index in [1.54, 1.807) is 6.08 Å². The van der Waals surface area contributed by atoms with Crippen molar-refractivity contribution in [2.75, 3.05) is 0 Å². The number of rotatable bonds is 2. The standard InChI is InChI=1S/C9H14N4/c1-2-9-10-11-12-13(9)8-6-4-3-5-7-8/h2,8H,1,3-7H2. The minimum Gasteiger partial charge on any atom is -0.223 e. The lowest BCUT2D eigenvalue weighted by atomic mass is 9.96. The molecule has 0 atom stereocenters. The summed E-state index contributed by atoms with van der Waals surface area (Å²) in [5, 5.41) is 11.5. The van der Waals surface area contributed by atoms with E-state index in [-0.39, 0.29) is 0 Å². The fourth-order valence-corrected chi connectivity index (χ4v) is 1.92. The molecule has 2 rings (SSSR count). The summed E-state index contributed by atoms with van der Waals surface area (Å²) in [4.78, 5) is 0. The molecule has 1 saturated carbocycles. The van der Waals surface area contributed by atoms with Crippen LogP contribution in [0.25, 0.3) is 6.08 Å². The molecular formula is C9H14N4. The first-order valence-electron chi connectivity index (χ1n) is 4.82. The third-order valence-corrected chi connectivity index (χ3v) is 2.62. The Morgan fingerprint density at radius 2 is 2.08 bits per heavy atom. The molecule has 1 aliphatic carbocycles. The van der Waals surface area contributed by atoms with Gasteiger partial charge in [0, 0.05) is 0 Å². The maximum atomic E-state index is 4.00. The van der Waals surface area contributed by atoms with Gasteiger partial charge in [0.05, 0.1) is 6.04 Å². The summed E-state index contributed by atoms with van der Waals surface area (Å²) in [6, 6.07) is 0.497. The Balaban J connectivity index is 2.17. The minimum atomic E-state index is 0.497. The summed E-state index contributed by atoms with van der Waals surface area (Å²) in [7, 11) is 0. The van der Waals surface area contributed by atoms with Gasteiger partial charge in [0.2, 0.25) is 0 Å². The van der Waals surface area contributed by atoms with Gasteiger partial charge in [-0.2, -0.15) is 0 Å². The molecule has 0 unspecified atom stereocenters. The Labute approximate surface area is 77.6 Å². The van der Waals surface area contributed by atoms with Crippen molar-refractivity contribution in [3.05, 3.63) is 12.4 Å². The lowest BCUT2D eigenvalue weighted by Gasteiger charge is -2.21. The average Bonchev–Trinajstić information content (AvgIpc) is 2.67. The van der Waals surface area contributed by atoms with Gasteiger partial charge in [-0.25, -0.2) is 4.68 Å². The predicted octanol–water partition coefficient (Wildman–Crippen LogP) is 1.82. The van der Waals surface area contributed by atoms with Crippen LogP contribution in [0.2, 0.25) is 0 Å². The SMILES string of the molecule is C=Cc1nnnn1C1CCCCC1. The molecule has 0 N–H and O–H groups in total. The topological polar surface area (TPSA) is 43.6 Å². The van der Waals surface area contributed by atoms with Crippen molar-refractivity contribution in [1.29, 1.82) is 0 Å². The van der Waals surface area contributed by atoms with E-state index in [0.717, 1.165) is 5.82 Å². The van der Waals surface area contributed by atoms with Crippen molar-refractivity contribution in [2.45, 2.75) is 38.1 Å². The van der Waals surface area contributed by atoms with Crippen molar-refractivity contribution < 1.29 is 0 Å². The summed E-state index contributed by atoms with van der Waals surface area (Å²) < 4.78 is 1.91. The van der Waals surface area contributed by atoms with Crippen LogP contribution in [0, 0.1) is 0 Å². The molecule has 0 radical (unpaired) electrons. The third kappa shape index (κ3) is 1.61. The number of hydrogen-bond acceptors (Lipinski definition) is 3. The van der Waals surface area contributed by atoms with Crippen LogP contribution >= 0.6 is 0 Å². The fourth-order valence-electron chi connectivity index (χ4n) is 1.92. The van der Waals surface area contributed by atoms with Crippen molar-refractivity contribution in [3.8, 4) is 0 Å². The molecule has 70 valence electrons. The summed E-state index contributed by atoms with van der Waals surface area (Å²) >= 11 is 0. The molecule has 1 heterocycles. The van der Waals surface area contributed by atoms with Gasteiger partial charge in [-0.3, -0.25) is 0 Å². The van der Waals surface area contributed by atoms with Crippen LogP contribution in [-0.2, 0) is 0 Å². The Bertz CT molecular complexity index is 286. The Morgan fingerprint density at radius 3 is 2.77 bits per heavy atom. The van der Waals surface area contributed by atoms with Crippen LogP contribution in [0.4, 0.5) is 0 Å². The first-order valence-corrected chi connectivity index (χ1v) is 4.82. The highest BCUT2D eigenvalue weighted by atomic mass is 15.5. The second-order valence-corrected chi connectivity index (χ2v) is 3.48. The van der Waals surface area contributed by atoms with E-state index >= 15 is 0 Å². The largest absolute Gasteiger partial charge is 0.223 e. The maximum absolute atomic E-state index is 4.00. The van der Waals surface area contributed by atoms with Crippen LogP contribution in [0.15, 0.2) is 6.58 Å². The Hall–Kier alpha value is -1.19. The van der Waals surface area contributed by atoms with E-state index in [1.807, 2.05) is 4.68 Å². The molecular weight excluding hydrogens is 164 g/mol. The van der Waals surface area contributed by atoms with Gasteiger partial charge in [0.1, 0.15) is 0 Å². The lowest BCUT2D eigenvalue weighted by molar-refractivity contribution is 0.323. The number of aromatic nitrogens is 4. The van der Waals surface area contributed by atoms with Gasteiger partial charge in [0.25, 0.3) is 0 Å². The zero-order chi connectivity index (χ0) is 9.10. The molecule has 1 fully saturated rings. The highest BCUT2D eigenvalue weighted by molar-refractivity contribution is 5.34. The summed E-state index contributed by atoms with van der Waals surface area (Å²) in [6.07, 6.45) is 8.05. The minimum absolute atomic E-state index is 0.497. The summed E-state index contributed by atoms with van der Waals surface area (Å²) in [5.41, 5.74) is 0. The predicted molar refractivity (Wildman–Crippen MR) is 50.0 cm³/mol. The van der Waals surface area contributed by atoms with Gasteiger partial charge < -0.3 is 0 Å². The van der Waals surface area contributed by atoms with Crippen molar-refractivity contribution in [3.63, 3.8) is 0 Å². The van der Waals surface area contributed by atoms with E-state index in [0.29, 0.717) is 6.04 Å². The molecule has 1 aliphatic rings. The molecule has 0 saturated heterocycles. The van der Waals surface area contributed by atoms with Crippen LogP contribution in [0.3, 0.4) is 0 Å². The number of nitrogens with zero attached hydrogens (tertiary/aromatic N) is 4. The smallest absolute Gasteiger partial charge is 0.174 e. The lowest BCUT2D eigenvalue weighted by Crippen LogP contribution is -2.15. The van der Waals surface area contributed by atoms with Crippen LogP contribution in [-0.4, -0.2) is 20.2 Å². The van der Waals surface area contributed by atoms with Crippen LogP contribution in [0.1, 0.15) is 44.0 Å².